The van der Waals surface area contributed by atoms with Crippen molar-refractivity contribution in [2.45, 2.75) is 42.7 Å². The quantitative estimate of drug-likeness (QED) is 0.493. The summed E-state index contributed by atoms with van der Waals surface area (Å²) in [5.74, 6) is -0.136. The van der Waals surface area contributed by atoms with Gasteiger partial charge in [0.25, 0.3) is 0 Å². The lowest BCUT2D eigenvalue weighted by Gasteiger charge is -2.23. The van der Waals surface area contributed by atoms with Crippen LogP contribution < -0.4 is 5.32 Å². The molecule has 1 aliphatic rings. The van der Waals surface area contributed by atoms with Crippen LogP contribution in [-0.4, -0.2) is 33.9 Å². The van der Waals surface area contributed by atoms with E-state index >= 15 is 0 Å². The molecule has 1 N–H and O–H groups in total. The summed E-state index contributed by atoms with van der Waals surface area (Å²) in [5, 5.41) is 10.8. The number of ether oxygens (including phenoxy) is 1. The van der Waals surface area contributed by atoms with E-state index < -0.39 is 0 Å². The second-order valence-electron chi connectivity index (χ2n) is 4.50. The molecule has 0 spiro atoms. The van der Waals surface area contributed by atoms with E-state index in [4.69, 9.17) is 4.74 Å². The van der Waals surface area contributed by atoms with E-state index in [1.165, 1.54) is 23.1 Å². The number of amides is 1. The number of anilines is 1. The summed E-state index contributed by atoms with van der Waals surface area (Å²) >= 11 is 2.56. The zero-order chi connectivity index (χ0) is 14.5. The molecule has 0 bridgehead atoms. The van der Waals surface area contributed by atoms with E-state index in [1.807, 2.05) is 0 Å². The maximum atomic E-state index is 11.8. The van der Waals surface area contributed by atoms with Gasteiger partial charge in [0.1, 0.15) is 5.25 Å². The van der Waals surface area contributed by atoms with Crippen LogP contribution in [0.25, 0.3) is 0 Å². The van der Waals surface area contributed by atoms with Crippen LogP contribution in [0.4, 0.5) is 5.13 Å². The highest BCUT2D eigenvalue weighted by Crippen LogP contribution is 2.31. The van der Waals surface area contributed by atoms with Crippen LogP contribution in [0.2, 0.25) is 0 Å². The van der Waals surface area contributed by atoms with Crippen LogP contribution in [0.3, 0.4) is 0 Å². The lowest BCUT2D eigenvalue weighted by atomic mass is 9.85. The fourth-order valence-electron chi connectivity index (χ4n) is 1.64. The van der Waals surface area contributed by atoms with Crippen molar-refractivity contribution in [3.63, 3.8) is 0 Å². The molecule has 1 unspecified atom stereocenters. The van der Waals surface area contributed by atoms with Crippen molar-refractivity contribution in [3.05, 3.63) is 0 Å². The maximum absolute atomic E-state index is 11.8. The molecule has 0 aliphatic heterocycles. The Bertz CT molecular complexity index is 488. The summed E-state index contributed by atoms with van der Waals surface area (Å²) in [6.45, 7) is 3.90. The number of hydrogen-bond acceptors (Lipinski definition) is 7. The molecule has 0 aromatic carbocycles. The van der Waals surface area contributed by atoms with Crippen LogP contribution in [0.5, 0.6) is 0 Å². The van der Waals surface area contributed by atoms with E-state index in [1.54, 1.807) is 13.8 Å². The Hall–Kier alpha value is -1.15. The molecule has 1 amide bonds. The summed E-state index contributed by atoms with van der Waals surface area (Å²) in [4.78, 5) is 23.3. The van der Waals surface area contributed by atoms with E-state index in [-0.39, 0.29) is 23.0 Å². The van der Waals surface area contributed by atoms with Crippen molar-refractivity contribution in [3.8, 4) is 0 Å². The van der Waals surface area contributed by atoms with Crippen LogP contribution >= 0.6 is 23.1 Å². The first kappa shape index (κ1) is 15.2. The Morgan fingerprint density at radius 1 is 1.50 bits per heavy atom. The molecule has 6 nitrogen and oxygen atoms in total. The molecule has 1 aromatic rings. The van der Waals surface area contributed by atoms with Crippen molar-refractivity contribution in [1.82, 2.24) is 10.2 Å². The largest absolute Gasteiger partial charge is 0.465 e. The van der Waals surface area contributed by atoms with Gasteiger partial charge in [-0.1, -0.05) is 29.5 Å². The van der Waals surface area contributed by atoms with Crippen molar-refractivity contribution < 1.29 is 14.3 Å². The highest BCUT2D eigenvalue weighted by Gasteiger charge is 2.26. The monoisotopic (exact) mass is 315 g/mol. The van der Waals surface area contributed by atoms with E-state index in [0.29, 0.717) is 16.1 Å². The number of esters is 1. The third-order valence-corrected chi connectivity index (χ3v) is 5.01. The van der Waals surface area contributed by atoms with Gasteiger partial charge in [-0.15, -0.1) is 10.2 Å². The maximum Gasteiger partial charge on any atom is 0.319 e. The van der Waals surface area contributed by atoms with Crippen LogP contribution in [0.15, 0.2) is 4.34 Å². The van der Waals surface area contributed by atoms with Gasteiger partial charge in [-0.05, 0) is 26.7 Å². The number of carbonyl (C=O) groups excluding carboxylic acids is 2. The molecule has 110 valence electrons. The second kappa shape index (κ2) is 7.03. The second-order valence-corrected chi connectivity index (χ2v) is 7.07. The minimum absolute atomic E-state index is 0.0161. The van der Waals surface area contributed by atoms with E-state index in [2.05, 4.69) is 15.5 Å². The fourth-order valence-corrected chi connectivity index (χ4v) is 3.54. The summed E-state index contributed by atoms with van der Waals surface area (Å²) in [6.07, 6.45) is 3.02. The van der Waals surface area contributed by atoms with Gasteiger partial charge in [-0.25, -0.2) is 0 Å². The molecule has 1 aliphatic carbocycles. The number of hydrogen-bond donors (Lipinski definition) is 1. The van der Waals surface area contributed by atoms with Crippen molar-refractivity contribution in [2.75, 3.05) is 11.9 Å². The fraction of sp³-hybridized carbons (Fsp3) is 0.667. The summed E-state index contributed by atoms with van der Waals surface area (Å²) < 4.78 is 5.58. The lowest BCUT2D eigenvalue weighted by molar-refractivity contribution is -0.142. The molecule has 1 heterocycles. The predicted octanol–water partition coefficient (Wildman–Crippen LogP) is 2.32. The van der Waals surface area contributed by atoms with Crippen molar-refractivity contribution >= 4 is 40.1 Å². The van der Waals surface area contributed by atoms with Gasteiger partial charge in [-0.3, -0.25) is 9.59 Å². The predicted molar refractivity (Wildman–Crippen MR) is 77.8 cm³/mol. The normalized spacial score (nSPS) is 16.3. The third-order valence-electron chi connectivity index (χ3n) is 3.01. The Morgan fingerprint density at radius 3 is 2.85 bits per heavy atom. The first-order valence-corrected chi connectivity index (χ1v) is 8.27. The van der Waals surface area contributed by atoms with Crippen LogP contribution in [-0.2, 0) is 14.3 Å². The standard InChI is InChI=1S/C12H17N3O3S2/c1-3-18-10(17)7(2)19-12-15-14-11(20-12)13-9(16)8-5-4-6-8/h7-8H,3-6H2,1-2H3,(H,13,14,16). The molecular weight excluding hydrogens is 298 g/mol. The van der Waals surface area contributed by atoms with Crippen molar-refractivity contribution in [2.24, 2.45) is 5.92 Å². The minimum atomic E-state index is -0.335. The molecule has 1 fully saturated rings. The Labute approximate surface area is 125 Å². The minimum Gasteiger partial charge on any atom is -0.465 e. The van der Waals surface area contributed by atoms with Gasteiger partial charge in [-0.2, -0.15) is 0 Å². The molecule has 0 radical (unpaired) electrons. The molecular formula is C12H17N3O3S2. The first-order chi connectivity index (χ1) is 9.60. The number of nitrogens with one attached hydrogen (secondary N) is 1. The summed E-state index contributed by atoms with van der Waals surface area (Å²) in [5.41, 5.74) is 0. The number of nitrogens with zero attached hydrogens (tertiary/aromatic N) is 2. The number of aromatic nitrogens is 2. The Kier molecular flexibility index (Phi) is 5.36. The van der Waals surface area contributed by atoms with Gasteiger partial charge < -0.3 is 10.1 Å². The third kappa shape index (κ3) is 3.92. The SMILES string of the molecule is CCOC(=O)C(C)Sc1nnc(NC(=O)C2CCC2)s1. The van der Waals surface area contributed by atoms with E-state index in [9.17, 15) is 9.59 Å². The van der Waals surface area contributed by atoms with Crippen LogP contribution in [0, 0.1) is 5.92 Å². The summed E-state index contributed by atoms with van der Waals surface area (Å²) in [6, 6.07) is 0. The van der Waals surface area contributed by atoms with Gasteiger partial charge in [0.15, 0.2) is 4.34 Å². The Balaban J connectivity index is 1.85. The van der Waals surface area contributed by atoms with Gasteiger partial charge >= 0.3 is 5.97 Å². The van der Waals surface area contributed by atoms with Gasteiger partial charge in [0.05, 0.1) is 6.61 Å². The number of thioether (sulfide) groups is 1. The first-order valence-electron chi connectivity index (χ1n) is 6.57. The Morgan fingerprint density at radius 2 is 2.25 bits per heavy atom. The molecule has 0 saturated heterocycles. The van der Waals surface area contributed by atoms with E-state index in [0.717, 1.165) is 19.3 Å². The van der Waals surface area contributed by atoms with Gasteiger partial charge in [0, 0.05) is 5.92 Å². The number of carbonyl (C=O) groups is 2. The molecule has 2 rings (SSSR count). The van der Waals surface area contributed by atoms with Crippen LogP contribution in [0.1, 0.15) is 33.1 Å². The topological polar surface area (TPSA) is 81.2 Å². The van der Waals surface area contributed by atoms with Gasteiger partial charge in [0.2, 0.25) is 11.0 Å². The summed E-state index contributed by atoms with van der Waals surface area (Å²) in [7, 11) is 0. The number of rotatable bonds is 6. The molecule has 1 saturated carbocycles. The molecule has 8 heteroatoms. The highest BCUT2D eigenvalue weighted by atomic mass is 32.2. The molecule has 20 heavy (non-hydrogen) atoms. The lowest BCUT2D eigenvalue weighted by Crippen LogP contribution is -2.27. The van der Waals surface area contributed by atoms with Crippen molar-refractivity contribution in [1.29, 1.82) is 0 Å². The average Bonchev–Trinajstić information content (AvgIpc) is 2.74. The zero-order valence-corrected chi connectivity index (χ0v) is 13.1. The average molecular weight is 315 g/mol. The zero-order valence-electron chi connectivity index (χ0n) is 11.4. The highest BCUT2D eigenvalue weighted by molar-refractivity contribution is 8.02. The molecule has 1 aromatic heterocycles. The smallest absolute Gasteiger partial charge is 0.319 e. The molecule has 1 atom stereocenters.